The summed E-state index contributed by atoms with van der Waals surface area (Å²) in [7, 11) is 0. The molecule has 1 aromatic rings. The summed E-state index contributed by atoms with van der Waals surface area (Å²) in [5.74, 6) is 1.70. The van der Waals surface area contributed by atoms with E-state index in [0.717, 1.165) is 29.9 Å². The lowest BCUT2D eigenvalue weighted by atomic mass is 10.0. The van der Waals surface area contributed by atoms with Gasteiger partial charge in [-0.25, -0.2) is 9.97 Å². The van der Waals surface area contributed by atoms with Crippen LogP contribution in [0.4, 0.5) is 5.82 Å². The third-order valence-electron chi connectivity index (χ3n) is 3.28. The maximum absolute atomic E-state index is 6.02. The van der Waals surface area contributed by atoms with E-state index in [0.29, 0.717) is 17.8 Å². The van der Waals surface area contributed by atoms with Gasteiger partial charge in [0.25, 0.3) is 0 Å². The van der Waals surface area contributed by atoms with E-state index in [1.54, 1.807) is 0 Å². The highest BCUT2D eigenvalue weighted by atomic mass is 16.5. The molecule has 17 heavy (non-hydrogen) atoms. The smallest absolute Gasteiger partial charge is 0.159 e. The Morgan fingerprint density at radius 2 is 2.00 bits per heavy atom. The van der Waals surface area contributed by atoms with Crippen LogP contribution in [0.1, 0.15) is 62.7 Å². The zero-order chi connectivity index (χ0) is 12.6. The van der Waals surface area contributed by atoms with Gasteiger partial charge in [-0.3, -0.25) is 0 Å². The van der Waals surface area contributed by atoms with Gasteiger partial charge in [-0.15, -0.1) is 0 Å². The van der Waals surface area contributed by atoms with E-state index in [2.05, 4.69) is 30.7 Å². The molecule has 0 saturated carbocycles. The van der Waals surface area contributed by atoms with Gasteiger partial charge in [0.15, 0.2) is 5.82 Å². The van der Waals surface area contributed by atoms with Gasteiger partial charge in [-0.1, -0.05) is 13.8 Å². The SMILES string of the molecule is Cc1nc(C2CCC(C)O2)nc(N)c1C(C)C. The average molecular weight is 235 g/mol. The number of aryl methyl sites for hydroxylation is 1. The first-order chi connectivity index (χ1) is 7.99. The number of nitrogen functional groups attached to an aromatic ring is 1. The molecule has 4 nitrogen and oxygen atoms in total. The quantitative estimate of drug-likeness (QED) is 0.856. The van der Waals surface area contributed by atoms with Crippen LogP contribution in [0.15, 0.2) is 0 Å². The molecule has 4 heteroatoms. The van der Waals surface area contributed by atoms with Crippen molar-refractivity contribution >= 4 is 5.82 Å². The number of hydrogen-bond acceptors (Lipinski definition) is 4. The molecule has 0 aliphatic carbocycles. The Hall–Kier alpha value is -1.16. The molecule has 2 unspecified atom stereocenters. The van der Waals surface area contributed by atoms with Crippen LogP contribution in [0.25, 0.3) is 0 Å². The van der Waals surface area contributed by atoms with Crippen molar-refractivity contribution < 1.29 is 4.74 Å². The molecule has 0 aromatic carbocycles. The first-order valence-electron chi connectivity index (χ1n) is 6.28. The summed E-state index contributed by atoms with van der Waals surface area (Å²) in [5, 5.41) is 0. The normalized spacial score (nSPS) is 24.5. The number of nitrogens with zero attached hydrogens (tertiary/aromatic N) is 2. The van der Waals surface area contributed by atoms with Gasteiger partial charge in [0.2, 0.25) is 0 Å². The van der Waals surface area contributed by atoms with Crippen LogP contribution in [0, 0.1) is 6.92 Å². The number of nitrogens with two attached hydrogens (primary N) is 1. The maximum Gasteiger partial charge on any atom is 0.159 e. The number of aromatic nitrogens is 2. The fraction of sp³-hybridized carbons (Fsp3) is 0.692. The van der Waals surface area contributed by atoms with E-state index in [1.165, 1.54) is 0 Å². The summed E-state index contributed by atoms with van der Waals surface area (Å²) in [6.07, 6.45) is 2.38. The minimum absolute atomic E-state index is 0.0206. The van der Waals surface area contributed by atoms with Crippen LogP contribution in [0.5, 0.6) is 0 Å². The average Bonchev–Trinajstić information content (AvgIpc) is 2.63. The fourth-order valence-corrected chi connectivity index (χ4v) is 2.48. The van der Waals surface area contributed by atoms with Crippen LogP contribution in [0.3, 0.4) is 0 Å². The van der Waals surface area contributed by atoms with Gasteiger partial charge in [-0.05, 0) is 32.6 Å². The minimum atomic E-state index is 0.0206. The van der Waals surface area contributed by atoms with Crippen molar-refractivity contribution in [3.8, 4) is 0 Å². The van der Waals surface area contributed by atoms with Crippen LogP contribution in [-0.2, 0) is 4.74 Å². The van der Waals surface area contributed by atoms with E-state index >= 15 is 0 Å². The second kappa shape index (κ2) is 4.61. The molecule has 1 aliphatic heterocycles. The molecular weight excluding hydrogens is 214 g/mol. The van der Waals surface area contributed by atoms with Gasteiger partial charge in [0, 0.05) is 11.3 Å². The highest BCUT2D eigenvalue weighted by molar-refractivity contribution is 5.44. The van der Waals surface area contributed by atoms with Gasteiger partial charge >= 0.3 is 0 Å². The molecule has 0 amide bonds. The van der Waals surface area contributed by atoms with Gasteiger partial charge in [-0.2, -0.15) is 0 Å². The van der Waals surface area contributed by atoms with Crippen LogP contribution in [-0.4, -0.2) is 16.1 Å². The summed E-state index contributed by atoms with van der Waals surface area (Å²) in [6, 6.07) is 0. The molecule has 2 heterocycles. The molecular formula is C13H21N3O. The van der Waals surface area contributed by atoms with E-state index in [9.17, 15) is 0 Å². The van der Waals surface area contributed by atoms with Gasteiger partial charge in [0.05, 0.1) is 6.10 Å². The Morgan fingerprint density at radius 1 is 1.29 bits per heavy atom. The topological polar surface area (TPSA) is 61.0 Å². The van der Waals surface area contributed by atoms with Crippen molar-refractivity contribution in [3.63, 3.8) is 0 Å². The van der Waals surface area contributed by atoms with Gasteiger partial charge < -0.3 is 10.5 Å². The Balaban J connectivity index is 2.32. The summed E-state index contributed by atoms with van der Waals surface area (Å²) in [5.41, 5.74) is 8.05. The summed E-state index contributed by atoms with van der Waals surface area (Å²) in [6.45, 7) is 8.29. The Kier molecular flexibility index (Phi) is 3.33. The summed E-state index contributed by atoms with van der Waals surface area (Å²) >= 11 is 0. The van der Waals surface area contributed by atoms with Gasteiger partial charge in [0.1, 0.15) is 11.9 Å². The minimum Gasteiger partial charge on any atom is -0.383 e. The first kappa shape index (κ1) is 12.3. The Bertz CT molecular complexity index is 394. The van der Waals surface area contributed by atoms with Crippen molar-refractivity contribution in [2.24, 2.45) is 0 Å². The summed E-state index contributed by atoms with van der Waals surface area (Å²) < 4.78 is 5.78. The number of ether oxygens (including phenoxy) is 1. The fourth-order valence-electron chi connectivity index (χ4n) is 2.48. The first-order valence-corrected chi connectivity index (χ1v) is 6.28. The van der Waals surface area contributed by atoms with Crippen molar-refractivity contribution in [2.45, 2.75) is 58.7 Å². The highest BCUT2D eigenvalue weighted by Gasteiger charge is 2.27. The van der Waals surface area contributed by atoms with Crippen molar-refractivity contribution in [1.82, 2.24) is 9.97 Å². The lowest BCUT2D eigenvalue weighted by Gasteiger charge is -2.16. The molecule has 1 aromatic heterocycles. The molecule has 0 bridgehead atoms. The molecule has 2 atom stereocenters. The Labute approximate surface area is 103 Å². The van der Waals surface area contributed by atoms with Crippen molar-refractivity contribution in [3.05, 3.63) is 17.1 Å². The molecule has 0 spiro atoms. The van der Waals surface area contributed by atoms with E-state index in [1.807, 2.05) is 6.92 Å². The third kappa shape index (κ3) is 2.41. The second-order valence-corrected chi connectivity index (χ2v) is 5.13. The number of hydrogen-bond donors (Lipinski definition) is 1. The highest BCUT2D eigenvalue weighted by Crippen LogP contribution is 2.32. The second-order valence-electron chi connectivity index (χ2n) is 5.13. The lowest BCUT2D eigenvalue weighted by molar-refractivity contribution is 0.0502. The number of anilines is 1. The molecule has 94 valence electrons. The lowest BCUT2D eigenvalue weighted by Crippen LogP contribution is -2.12. The van der Waals surface area contributed by atoms with E-state index in [-0.39, 0.29) is 6.10 Å². The zero-order valence-electron chi connectivity index (χ0n) is 11.0. The molecule has 2 N–H and O–H groups in total. The predicted molar refractivity (Wildman–Crippen MR) is 67.8 cm³/mol. The van der Waals surface area contributed by atoms with Crippen LogP contribution >= 0.6 is 0 Å². The largest absolute Gasteiger partial charge is 0.383 e. The molecule has 1 fully saturated rings. The Morgan fingerprint density at radius 3 is 2.47 bits per heavy atom. The predicted octanol–water partition coefficient (Wildman–Crippen LogP) is 2.73. The molecule has 2 rings (SSSR count). The van der Waals surface area contributed by atoms with Crippen LogP contribution in [0.2, 0.25) is 0 Å². The standard InChI is InChI=1S/C13H21N3O/c1-7(2)11-9(4)15-13(16-12(11)14)10-6-5-8(3)17-10/h7-8,10H,5-6H2,1-4H3,(H2,14,15,16). The molecule has 1 saturated heterocycles. The number of rotatable bonds is 2. The van der Waals surface area contributed by atoms with E-state index < -0.39 is 0 Å². The zero-order valence-corrected chi connectivity index (χ0v) is 11.0. The van der Waals surface area contributed by atoms with E-state index in [4.69, 9.17) is 10.5 Å². The van der Waals surface area contributed by atoms with Crippen LogP contribution < -0.4 is 5.73 Å². The van der Waals surface area contributed by atoms with Crippen molar-refractivity contribution in [1.29, 1.82) is 0 Å². The molecule has 1 aliphatic rings. The molecule has 0 radical (unpaired) electrons. The monoisotopic (exact) mass is 235 g/mol. The summed E-state index contributed by atoms with van der Waals surface area (Å²) in [4.78, 5) is 8.97. The maximum atomic E-state index is 6.02. The third-order valence-corrected chi connectivity index (χ3v) is 3.28. The van der Waals surface area contributed by atoms with Crippen molar-refractivity contribution in [2.75, 3.05) is 5.73 Å².